The van der Waals surface area contributed by atoms with Crippen LogP contribution in [-0.2, 0) is 17.5 Å². The van der Waals surface area contributed by atoms with Crippen molar-refractivity contribution >= 4 is 40.1 Å². The van der Waals surface area contributed by atoms with Gasteiger partial charge < -0.3 is 9.73 Å². The third-order valence-corrected chi connectivity index (χ3v) is 4.27. The predicted octanol–water partition coefficient (Wildman–Crippen LogP) is 4.11. The Kier molecular flexibility index (Phi) is 5.03. The van der Waals surface area contributed by atoms with Crippen molar-refractivity contribution in [1.82, 2.24) is 4.57 Å². The summed E-state index contributed by atoms with van der Waals surface area (Å²) >= 11 is 5.84. The summed E-state index contributed by atoms with van der Waals surface area (Å²) in [5.41, 5.74) is -0.507. The lowest BCUT2D eigenvalue weighted by Crippen LogP contribution is -2.25. The van der Waals surface area contributed by atoms with Crippen LogP contribution in [0.2, 0.25) is 5.02 Å². The largest absolute Gasteiger partial charge is 0.420 e. The minimum Gasteiger partial charge on any atom is -0.408 e. The number of amides is 1. The molecule has 2 aromatic carbocycles. The number of carbonyl (C=O) groups excluding carboxylic acids is 2. The van der Waals surface area contributed by atoms with Gasteiger partial charge in [0.25, 0.3) is 0 Å². The van der Waals surface area contributed by atoms with Gasteiger partial charge in [-0.15, -0.1) is 0 Å². The average molecular weight is 413 g/mol. The first-order valence-corrected chi connectivity index (χ1v) is 8.25. The number of hydrogen-bond acceptors (Lipinski definition) is 4. The Balaban J connectivity index is 1.87. The Hall–Kier alpha value is -3.07. The van der Waals surface area contributed by atoms with E-state index in [0.717, 1.165) is 16.7 Å². The van der Waals surface area contributed by atoms with Gasteiger partial charge in [-0.3, -0.25) is 14.2 Å². The van der Waals surface area contributed by atoms with E-state index >= 15 is 0 Å². The number of hydrogen-bond donors (Lipinski definition) is 1. The van der Waals surface area contributed by atoms with Crippen molar-refractivity contribution in [1.29, 1.82) is 0 Å². The number of anilines is 1. The van der Waals surface area contributed by atoms with Crippen molar-refractivity contribution in [3.05, 3.63) is 63.1 Å². The molecule has 1 aromatic heterocycles. The van der Waals surface area contributed by atoms with Crippen LogP contribution in [0.1, 0.15) is 22.8 Å². The highest BCUT2D eigenvalue weighted by Gasteiger charge is 2.31. The van der Waals surface area contributed by atoms with Gasteiger partial charge in [0, 0.05) is 5.56 Å². The zero-order chi connectivity index (χ0) is 20.6. The van der Waals surface area contributed by atoms with Crippen LogP contribution in [0.5, 0.6) is 0 Å². The molecule has 3 rings (SSSR count). The Labute approximate surface area is 160 Å². The molecule has 3 aromatic rings. The monoisotopic (exact) mass is 412 g/mol. The second-order valence-corrected chi connectivity index (χ2v) is 6.34. The fraction of sp³-hybridized carbons (Fsp3) is 0.167. The summed E-state index contributed by atoms with van der Waals surface area (Å²) in [5.74, 6) is -1.85. The smallest absolute Gasteiger partial charge is 0.408 e. The van der Waals surface area contributed by atoms with Crippen LogP contribution in [0.3, 0.4) is 0 Å². The minimum atomic E-state index is -4.60. The summed E-state index contributed by atoms with van der Waals surface area (Å²) in [4.78, 5) is 35.7. The van der Waals surface area contributed by atoms with Crippen molar-refractivity contribution in [3.63, 3.8) is 0 Å². The number of Topliss-reactive ketones (excluding diaryl/α,β-unsaturated/α-hetero) is 1. The molecule has 0 spiro atoms. The van der Waals surface area contributed by atoms with Crippen molar-refractivity contribution in [2.75, 3.05) is 5.32 Å². The summed E-state index contributed by atoms with van der Waals surface area (Å²) in [7, 11) is 0. The summed E-state index contributed by atoms with van der Waals surface area (Å²) in [6, 6.07) is 6.80. The molecule has 0 radical (unpaired) electrons. The van der Waals surface area contributed by atoms with Gasteiger partial charge in [0.15, 0.2) is 11.4 Å². The standard InChI is InChI=1S/C18H12ClF3N2O4/c1-9(25)10-2-5-14-15(6-10)28-17(27)24(14)8-16(26)23-13-7-11(18(20,21)22)3-4-12(13)19/h2-7H,8H2,1H3,(H,23,26). The zero-order valence-corrected chi connectivity index (χ0v) is 15.0. The number of ketones is 1. The van der Waals surface area contributed by atoms with Crippen LogP contribution in [0.15, 0.2) is 45.6 Å². The van der Waals surface area contributed by atoms with Gasteiger partial charge in [-0.2, -0.15) is 13.2 Å². The molecular weight excluding hydrogens is 401 g/mol. The number of oxazole rings is 1. The quantitative estimate of drug-likeness (QED) is 0.654. The lowest BCUT2D eigenvalue weighted by atomic mass is 10.1. The van der Waals surface area contributed by atoms with E-state index in [0.29, 0.717) is 11.6 Å². The first kappa shape index (κ1) is 19.7. The minimum absolute atomic E-state index is 0.0863. The summed E-state index contributed by atoms with van der Waals surface area (Å²) in [5, 5.41) is 2.17. The summed E-state index contributed by atoms with van der Waals surface area (Å²) in [6.45, 7) is 0.834. The predicted molar refractivity (Wildman–Crippen MR) is 95.6 cm³/mol. The third-order valence-electron chi connectivity index (χ3n) is 3.94. The normalized spacial score (nSPS) is 11.6. The van der Waals surface area contributed by atoms with E-state index in [4.69, 9.17) is 16.0 Å². The number of fused-ring (bicyclic) bond motifs is 1. The highest BCUT2D eigenvalue weighted by Crippen LogP contribution is 2.33. The van der Waals surface area contributed by atoms with E-state index in [9.17, 15) is 27.6 Å². The second kappa shape index (κ2) is 7.16. The lowest BCUT2D eigenvalue weighted by Gasteiger charge is -2.11. The number of nitrogens with zero attached hydrogens (tertiary/aromatic N) is 1. The van der Waals surface area contributed by atoms with Gasteiger partial charge in [0.05, 0.1) is 21.8 Å². The molecule has 0 atom stereocenters. The number of benzene rings is 2. The molecule has 10 heteroatoms. The second-order valence-electron chi connectivity index (χ2n) is 5.93. The molecule has 6 nitrogen and oxygen atoms in total. The first-order valence-electron chi connectivity index (χ1n) is 7.87. The van der Waals surface area contributed by atoms with E-state index in [1.165, 1.54) is 25.1 Å². The van der Waals surface area contributed by atoms with Crippen LogP contribution < -0.4 is 11.1 Å². The first-order chi connectivity index (χ1) is 13.1. The molecule has 0 bridgehead atoms. The average Bonchev–Trinajstić information content (AvgIpc) is 2.90. The Bertz CT molecular complexity index is 1150. The molecule has 1 N–H and O–H groups in total. The molecule has 0 saturated carbocycles. The van der Waals surface area contributed by atoms with E-state index < -0.39 is 29.9 Å². The number of halogens is 4. The Morgan fingerprint density at radius 2 is 1.89 bits per heavy atom. The molecule has 28 heavy (non-hydrogen) atoms. The van der Waals surface area contributed by atoms with Gasteiger partial charge in [-0.25, -0.2) is 4.79 Å². The van der Waals surface area contributed by atoms with Gasteiger partial charge in [0.1, 0.15) is 6.54 Å². The highest BCUT2D eigenvalue weighted by molar-refractivity contribution is 6.33. The van der Waals surface area contributed by atoms with Crippen molar-refractivity contribution in [2.45, 2.75) is 19.6 Å². The fourth-order valence-corrected chi connectivity index (χ4v) is 2.73. The number of rotatable bonds is 4. The zero-order valence-electron chi connectivity index (χ0n) is 14.3. The molecule has 146 valence electrons. The lowest BCUT2D eigenvalue weighted by molar-refractivity contribution is -0.137. The number of alkyl halides is 3. The van der Waals surface area contributed by atoms with E-state index in [1.807, 2.05) is 0 Å². The summed E-state index contributed by atoms with van der Waals surface area (Å²) < 4.78 is 44.5. The molecular formula is C18H12ClF3N2O4. The molecule has 1 amide bonds. The van der Waals surface area contributed by atoms with Crippen LogP contribution >= 0.6 is 11.6 Å². The number of carbonyl (C=O) groups is 2. The van der Waals surface area contributed by atoms with Gasteiger partial charge in [0.2, 0.25) is 5.91 Å². The maximum Gasteiger partial charge on any atom is 0.420 e. The Morgan fingerprint density at radius 1 is 1.18 bits per heavy atom. The Morgan fingerprint density at radius 3 is 2.54 bits per heavy atom. The van der Waals surface area contributed by atoms with Crippen molar-refractivity contribution in [3.8, 4) is 0 Å². The van der Waals surface area contributed by atoms with E-state index in [-0.39, 0.29) is 27.6 Å². The number of nitrogens with one attached hydrogen (secondary N) is 1. The molecule has 0 aliphatic carbocycles. The molecule has 0 aliphatic heterocycles. The van der Waals surface area contributed by atoms with Crippen molar-refractivity contribution < 1.29 is 27.2 Å². The molecule has 0 unspecified atom stereocenters. The van der Waals surface area contributed by atoms with Crippen LogP contribution in [0.25, 0.3) is 11.1 Å². The van der Waals surface area contributed by atoms with E-state index in [1.54, 1.807) is 0 Å². The van der Waals surface area contributed by atoms with Gasteiger partial charge in [-0.1, -0.05) is 11.6 Å². The maximum atomic E-state index is 12.8. The van der Waals surface area contributed by atoms with Crippen LogP contribution in [0.4, 0.5) is 18.9 Å². The topological polar surface area (TPSA) is 81.3 Å². The number of aromatic nitrogens is 1. The third kappa shape index (κ3) is 3.94. The maximum absolute atomic E-state index is 12.8. The van der Waals surface area contributed by atoms with Crippen LogP contribution in [0, 0.1) is 0 Å². The molecule has 0 fully saturated rings. The van der Waals surface area contributed by atoms with Gasteiger partial charge in [-0.05, 0) is 43.3 Å². The highest BCUT2D eigenvalue weighted by atomic mass is 35.5. The van der Waals surface area contributed by atoms with Crippen molar-refractivity contribution in [2.24, 2.45) is 0 Å². The SMILES string of the molecule is CC(=O)c1ccc2c(c1)oc(=O)n2CC(=O)Nc1cc(C(F)(F)F)ccc1Cl. The summed E-state index contributed by atoms with van der Waals surface area (Å²) in [6.07, 6.45) is -4.60. The molecule has 0 aliphatic rings. The van der Waals surface area contributed by atoms with E-state index in [2.05, 4.69) is 5.32 Å². The molecule has 0 saturated heterocycles. The van der Waals surface area contributed by atoms with Gasteiger partial charge >= 0.3 is 11.9 Å². The fourth-order valence-electron chi connectivity index (χ4n) is 2.57. The molecule has 1 heterocycles. The van der Waals surface area contributed by atoms with Crippen LogP contribution in [-0.4, -0.2) is 16.3 Å².